The van der Waals surface area contributed by atoms with Gasteiger partial charge in [-0.25, -0.2) is 4.39 Å². The molecule has 0 spiro atoms. The molecule has 1 aromatic rings. The van der Waals surface area contributed by atoms with E-state index in [1.165, 1.54) is 12.1 Å². The topological polar surface area (TPSA) is 44.5 Å². The molecule has 1 aliphatic rings. The van der Waals surface area contributed by atoms with Gasteiger partial charge in [0.15, 0.2) is 0 Å². The summed E-state index contributed by atoms with van der Waals surface area (Å²) in [4.78, 5) is 0. The quantitative estimate of drug-likeness (QED) is 0.821. The van der Waals surface area contributed by atoms with E-state index in [1.807, 2.05) is 27.7 Å². The second kappa shape index (κ2) is 4.33. The SMILES string of the molecule is CC1(C)OB(C(N)c2cccc(F)c2)OC1(C)C. The lowest BCUT2D eigenvalue weighted by molar-refractivity contribution is 0.00578. The van der Waals surface area contributed by atoms with Crippen molar-refractivity contribution in [3.8, 4) is 0 Å². The van der Waals surface area contributed by atoms with E-state index in [0.29, 0.717) is 5.56 Å². The smallest absolute Gasteiger partial charge is 0.402 e. The molecule has 3 nitrogen and oxygen atoms in total. The van der Waals surface area contributed by atoms with Crippen LogP contribution in [0.1, 0.15) is 39.2 Å². The summed E-state index contributed by atoms with van der Waals surface area (Å²) in [6.45, 7) is 7.85. The minimum atomic E-state index is -0.559. The first kappa shape index (κ1) is 13.5. The van der Waals surface area contributed by atoms with Crippen LogP contribution in [0.15, 0.2) is 24.3 Å². The molecule has 1 fully saturated rings. The fourth-order valence-corrected chi connectivity index (χ4v) is 1.91. The van der Waals surface area contributed by atoms with Gasteiger partial charge in [0.1, 0.15) is 5.82 Å². The number of hydrogen-bond acceptors (Lipinski definition) is 3. The van der Waals surface area contributed by atoms with Gasteiger partial charge in [-0.2, -0.15) is 0 Å². The van der Waals surface area contributed by atoms with Crippen molar-refractivity contribution >= 4 is 7.12 Å². The molecule has 5 heteroatoms. The van der Waals surface area contributed by atoms with E-state index in [0.717, 1.165) is 0 Å². The van der Waals surface area contributed by atoms with E-state index >= 15 is 0 Å². The Balaban J connectivity index is 2.20. The molecule has 1 heterocycles. The molecule has 2 rings (SSSR count). The Morgan fingerprint density at radius 1 is 1.17 bits per heavy atom. The first-order valence-electron chi connectivity index (χ1n) is 6.10. The molecule has 0 amide bonds. The first-order valence-corrected chi connectivity index (χ1v) is 6.10. The monoisotopic (exact) mass is 251 g/mol. The molecule has 0 aromatic heterocycles. The lowest BCUT2D eigenvalue weighted by Gasteiger charge is -2.32. The van der Waals surface area contributed by atoms with Gasteiger partial charge in [-0.15, -0.1) is 0 Å². The summed E-state index contributed by atoms with van der Waals surface area (Å²) in [5, 5.41) is 0. The van der Waals surface area contributed by atoms with E-state index in [1.54, 1.807) is 12.1 Å². The maximum absolute atomic E-state index is 13.2. The molecule has 0 bridgehead atoms. The van der Waals surface area contributed by atoms with Gasteiger partial charge >= 0.3 is 7.12 Å². The number of hydrogen-bond donors (Lipinski definition) is 1. The van der Waals surface area contributed by atoms with Crippen LogP contribution in [0.2, 0.25) is 0 Å². The van der Waals surface area contributed by atoms with Crippen molar-refractivity contribution in [1.82, 2.24) is 0 Å². The van der Waals surface area contributed by atoms with Crippen molar-refractivity contribution < 1.29 is 13.7 Å². The van der Waals surface area contributed by atoms with E-state index in [4.69, 9.17) is 15.0 Å². The molecular formula is C13H19BFNO2. The molecule has 98 valence electrons. The Bertz CT molecular complexity index is 434. The van der Waals surface area contributed by atoms with Crippen molar-refractivity contribution in [3.63, 3.8) is 0 Å². The second-order valence-electron chi connectivity index (χ2n) is 5.71. The highest BCUT2D eigenvalue weighted by Gasteiger charge is 2.53. The van der Waals surface area contributed by atoms with Gasteiger partial charge in [0, 0.05) is 0 Å². The zero-order chi connectivity index (χ0) is 13.6. The van der Waals surface area contributed by atoms with Crippen molar-refractivity contribution in [2.75, 3.05) is 0 Å². The third kappa shape index (κ3) is 2.30. The Morgan fingerprint density at radius 3 is 2.22 bits per heavy atom. The van der Waals surface area contributed by atoms with Crippen LogP contribution >= 0.6 is 0 Å². The summed E-state index contributed by atoms with van der Waals surface area (Å²) < 4.78 is 24.9. The average Bonchev–Trinajstić information content (AvgIpc) is 2.47. The molecule has 1 unspecified atom stereocenters. The van der Waals surface area contributed by atoms with Crippen LogP contribution in [0.5, 0.6) is 0 Å². The number of benzene rings is 1. The lowest BCUT2D eigenvalue weighted by atomic mass is 9.75. The predicted molar refractivity (Wildman–Crippen MR) is 69.4 cm³/mol. The van der Waals surface area contributed by atoms with Crippen LogP contribution < -0.4 is 5.73 Å². The minimum Gasteiger partial charge on any atom is -0.402 e. The highest BCUT2D eigenvalue weighted by atomic mass is 19.1. The van der Waals surface area contributed by atoms with Crippen molar-refractivity contribution in [3.05, 3.63) is 35.6 Å². The van der Waals surface area contributed by atoms with Crippen LogP contribution in [-0.2, 0) is 9.31 Å². The second-order valence-corrected chi connectivity index (χ2v) is 5.71. The fraction of sp³-hybridized carbons (Fsp3) is 0.538. The highest BCUT2D eigenvalue weighted by molar-refractivity contribution is 6.47. The normalized spacial score (nSPS) is 23.1. The van der Waals surface area contributed by atoms with E-state index in [9.17, 15) is 4.39 Å². The van der Waals surface area contributed by atoms with Crippen LogP contribution in [0, 0.1) is 5.82 Å². The zero-order valence-corrected chi connectivity index (χ0v) is 11.2. The Morgan fingerprint density at radius 2 is 1.72 bits per heavy atom. The van der Waals surface area contributed by atoms with Crippen molar-refractivity contribution in [1.29, 1.82) is 0 Å². The summed E-state index contributed by atoms with van der Waals surface area (Å²) in [7, 11) is -0.559. The van der Waals surface area contributed by atoms with Gasteiger partial charge in [-0.05, 0) is 45.4 Å². The van der Waals surface area contributed by atoms with E-state index in [2.05, 4.69) is 0 Å². The maximum Gasteiger partial charge on any atom is 0.480 e. The first-order chi connectivity index (χ1) is 8.23. The third-order valence-corrected chi connectivity index (χ3v) is 3.80. The van der Waals surface area contributed by atoms with Gasteiger partial charge in [0.2, 0.25) is 0 Å². The van der Waals surface area contributed by atoms with Gasteiger partial charge in [-0.3, -0.25) is 0 Å². The molecule has 0 radical (unpaired) electrons. The van der Waals surface area contributed by atoms with Gasteiger partial charge in [0.05, 0.1) is 17.1 Å². The van der Waals surface area contributed by atoms with E-state index in [-0.39, 0.29) is 5.82 Å². The molecule has 1 aliphatic heterocycles. The summed E-state index contributed by atoms with van der Waals surface area (Å²) in [6.07, 6.45) is 0. The lowest BCUT2D eigenvalue weighted by Crippen LogP contribution is -2.41. The van der Waals surface area contributed by atoms with Crippen LogP contribution in [0.4, 0.5) is 4.39 Å². The maximum atomic E-state index is 13.2. The van der Waals surface area contributed by atoms with Gasteiger partial charge in [-0.1, -0.05) is 12.1 Å². The number of rotatable bonds is 2. The molecule has 0 saturated carbocycles. The van der Waals surface area contributed by atoms with Crippen LogP contribution in [0.3, 0.4) is 0 Å². The third-order valence-electron chi connectivity index (χ3n) is 3.80. The molecule has 2 N–H and O–H groups in total. The summed E-state index contributed by atoms with van der Waals surface area (Å²) in [6, 6.07) is 6.21. The zero-order valence-electron chi connectivity index (χ0n) is 11.2. The highest BCUT2D eigenvalue weighted by Crippen LogP contribution is 2.39. The summed E-state index contributed by atoms with van der Waals surface area (Å²) in [5.74, 6) is -0.804. The molecule has 1 atom stereocenters. The number of nitrogens with two attached hydrogens (primary N) is 1. The Hall–Kier alpha value is -0.905. The van der Waals surface area contributed by atoms with Gasteiger partial charge in [0.25, 0.3) is 0 Å². The van der Waals surface area contributed by atoms with Crippen molar-refractivity contribution in [2.45, 2.75) is 44.8 Å². The van der Waals surface area contributed by atoms with Crippen LogP contribution in [0.25, 0.3) is 0 Å². The van der Waals surface area contributed by atoms with Gasteiger partial charge < -0.3 is 15.0 Å². The minimum absolute atomic E-state index is 0.306. The standard InChI is InChI=1S/C13H19BFNO2/c1-12(2)13(3,4)18-14(17-12)11(16)9-6-5-7-10(15)8-9/h5-8,11H,16H2,1-4H3. The van der Waals surface area contributed by atoms with E-state index < -0.39 is 24.3 Å². The summed E-state index contributed by atoms with van der Waals surface area (Å²) >= 11 is 0. The van der Waals surface area contributed by atoms with Crippen molar-refractivity contribution in [2.24, 2.45) is 5.73 Å². The van der Waals surface area contributed by atoms with Crippen LogP contribution in [-0.4, -0.2) is 18.3 Å². The molecule has 1 saturated heterocycles. The predicted octanol–water partition coefficient (Wildman–Crippen LogP) is 2.46. The molecular weight excluding hydrogens is 232 g/mol. The average molecular weight is 251 g/mol. The Labute approximate surface area is 108 Å². The number of halogens is 1. The molecule has 18 heavy (non-hydrogen) atoms. The Kier molecular flexibility index (Phi) is 3.26. The fourth-order valence-electron chi connectivity index (χ4n) is 1.91. The molecule has 1 aromatic carbocycles. The summed E-state index contributed by atoms with van der Waals surface area (Å²) in [5.41, 5.74) is 5.91. The molecule has 0 aliphatic carbocycles. The largest absolute Gasteiger partial charge is 0.480 e.